The standard InChI is InChI=1S/C22H32O3/c1-4-17(5-2)7-8-18-9-11-19(12-10-18)20-13-15-21(16-14-20)25-22(23)24-6-3/h11,13-18H,4-10,12H2,1-3H3. The molecule has 0 aliphatic heterocycles. The highest BCUT2D eigenvalue weighted by Gasteiger charge is 2.17. The van der Waals surface area contributed by atoms with Crippen LogP contribution in [0.25, 0.3) is 5.57 Å². The smallest absolute Gasteiger partial charge is 0.434 e. The van der Waals surface area contributed by atoms with Gasteiger partial charge in [0.2, 0.25) is 0 Å². The van der Waals surface area contributed by atoms with Crippen molar-refractivity contribution in [1.82, 2.24) is 0 Å². The van der Waals surface area contributed by atoms with Crippen molar-refractivity contribution in [2.24, 2.45) is 11.8 Å². The minimum absolute atomic E-state index is 0.322. The Morgan fingerprint density at radius 1 is 1.16 bits per heavy atom. The van der Waals surface area contributed by atoms with E-state index in [9.17, 15) is 4.79 Å². The maximum absolute atomic E-state index is 11.3. The maximum Gasteiger partial charge on any atom is 0.513 e. The lowest BCUT2D eigenvalue weighted by Crippen LogP contribution is -2.10. The minimum atomic E-state index is -0.646. The van der Waals surface area contributed by atoms with Gasteiger partial charge in [0.25, 0.3) is 0 Å². The monoisotopic (exact) mass is 344 g/mol. The minimum Gasteiger partial charge on any atom is -0.434 e. The molecule has 3 heteroatoms. The van der Waals surface area contributed by atoms with Crippen molar-refractivity contribution in [3.05, 3.63) is 35.9 Å². The lowest BCUT2D eigenvalue weighted by atomic mass is 9.82. The van der Waals surface area contributed by atoms with Crippen LogP contribution in [-0.4, -0.2) is 12.8 Å². The highest BCUT2D eigenvalue weighted by Crippen LogP contribution is 2.34. The van der Waals surface area contributed by atoms with E-state index in [1.54, 1.807) is 6.92 Å². The van der Waals surface area contributed by atoms with Gasteiger partial charge >= 0.3 is 6.16 Å². The van der Waals surface area contributed by atoms with Gasteiger partial charge in [-0.25, -0.2) is 4.79 Å². The molecule has 1 unspecified atom stereocenters. The molecule has 0 spiro atoms. The van der Waals surface area contributed by atoms with E-state index < -0.39 is 6.16 Å². The number of carbonyl (C=O) groups excluding carboxylic acids is 1. The molecular formula is C22H32O3. The number of rotatable bonds is 8. The molecule has 0 aromatic heterocycles. The van der Waals surface area contributed by atoms with E-state index in [0.29, 0.717) is 12.4 Å². The first-order chi connectivity index (χ1) is 12.2. The van der Waals surface area contributed by atoms with Crippen LogP contribution in [-0.2, 0) is 4.74 Å². The van der Waals surface area contributed by atoms with Crippen molar-refractivity contribution in [2.45, 2.75) is 65.7 Å². The largest absolute Gasteiger partial charge is 0.513 e. The average Bonchev–Trinajstić information content (AvgIpc) is 2.64. The zero-order valence-corrected chi connectivity index (χ0v) is 15.9. The summed E-state index contributed by atoms with van der Waals surface area (Å²) in [7, 11) is 0. The summed E-state index contributed by atoms with van der Waals surface area (Å²) < 4.78 is 9.90. The van der Waals surface area contributed by atoms with E-state index in [0.717, 1.165) is 18.3 Å². The molecule has 0 fully saturated rings. The summed E-state index contributed by atoms with van der Waals surface area (Å²) in [6, 6.07) is 7.74. The fourth-order valence-electron chi connectivity index (χ4n) is 3.56. The zero-order chi connectivity index (χ0) is 18.1. The van der Waals surface area contributed by atoms with Crippen LogP contribution in [0.2, 0.25) is 0 Å². The normalized spacial score (nSPS) is 17.3. The van der Waals surface area contributed by atoms with Gasteiger partial charge in [-0.1, -0.05) is 51.3 Å². The molecule has 0 N–H and O–H groups in total. The summed E-state index contributed by atoms with van der Waals surface area (Å²) in [6.45, 7) is 6.70. The van der Waals surface area contributed by atoms with Crippen molar-refractivity contribution in [2.75, 3.05) is 6.61 Å². The predicted molar refractivity (Wildman–Crippen MR) is 103 cm³/mol. The molecule has 0 bridgehead atoms. The van der Waals surface area contributed by atoms with Gasteiger partial charge in [-0.05, 0) is 67.7 Å². The van der Waals surface area contributed by atoms with Crippen LogP contribution in [0.4, 0.5) is 4.79 Å². The van der Waals surface area contributed by atoms with E-state index in [1.165, 1.54) is 49.7 Å². The van der Waals surface area contributed by atoms with Gasteiger partial charge in [-0.15, -0.1) is 0 Å². The van der Waals surface area contributed by atoms with Crippen molar-refractivity contribution in [3.8, 4) is 5.75 Å². The van der Waals surface area contributed by atoms with Gasteiger partial charge < -0.3 is 9.47 Å². The SMILES string of the molecule is CCOC(=O)Oc1ccc(C2=CCC(CCC(CC)CC)CC2)cc1. The van der Waals surface area contributed by atoms with E-state index in [4.69, 9.17) is 9.47 Å². The first kappa shape index (κ1) is 19.6. The first-order valence-electron chi connectivity index (χ1n) is 9.80. The average molecular weight is 344 g/mol. The van der Waals surface area contributed by atoms with Crippen LogP contribution < -0.4 is 4.74 Å². The van der Waals surface area contributed by atoms with E-state index in [1.807, 2.05) is 24.3 Å². The van der Waals surface area contributed by atoms with Crippen molar-refractivity contribution in [3.63, 3.8) is 0 Å². The molecule has 1 aliphatic rings. The molecular weight excluding hydrogens is 312 g/mol. The molecule has 1 aliphatic carbocycles. The van der Waals surface area contributed by atoms with E-state index >= 15 is 0 Å². The molecule has 0 saturated heterocycles. The van der Waals surface area contributed by atoms with Gasteiger partial charge in [-0.2, -0.15) is 0 Å². The highest BCUT2D eigenvalue weighted by atomic mass is 16.7. The summed E-state index contributed by atoms with van der Waals surface area (Å²) in [5.74, 6) is 2.27. The van der Waals surface area contributed by atoms with E-state index in [2.05, 4.69) is 19.9 Å². The number of benzene rings is 1. The lowest BCUT2D eigenvalue weighted by molar-refractivity contribution is 0.104. The molecule has 25 heavy (non-hydrogen) atoms. The fourth-order valence-corrected chi connectivity index (χ4v) is 3.56. The summed E-state index contributed by atoms with van der Waals surface area (Å²) in [5.41, 5.74) is 2.65. The maximum atomic E-state index is 11.3. The third-order valence-electron chi connectivity index (χ3n) is 5.35. The molecule has 0 heterocycles. The summed E-state index contributed by atoms with van der Waals surface area (Å²) in [6.07, 6.45) is 10.7. The van der Waals surface area contributed by atoms with Gasteiger partial charge in [0.15, 0.2) is 0 Å². The predicted octanol–water partition coefficient (Wildman–Crippen LogP) is 6.62. The van der Waals surface area contributed by atoms with Crippen LogP contribution in [0, 0.1) is 11.8 Å². The number of hydrogen-bond donors (Lipinski definition) is 0. The molecule has 3 nitrogen and oxygen atoms in total. The number of allylic oxidation sites excluding steroid dienone is 2. The van der Waals surface area contributed by atoms with Gasteiger partial charge in [0.1, 0.15) is 5.75 Å². The van der Waals surface area contributed by atoms with Crippen LogP contribution in [0.5, 0.6) is 5.75 Å². The van der Waals surface area contributed by atoms with Gasteiger partial charge in [0, 0.05) is 0 Å². The third kappa shape index (κ3) is 6.22. The summed E-state index contributed by atoms with van der Waals surface area (Å²) in [4.78, 5) is 11.3. The highest BCUT2D eigenvalue weighted by molar-refractivity contribution is 5.68. The topological polar surface area (TPSA) is 35.5 Å². The molecule has 2 rings (SSSR count). The van der Waals surface area contributed by atoms with Gasteiger partial charge in [0.05, 0.1) is 6.61 Å². The molecule has 1 aromatic rings. The molecule has 0 saturated carbocycles. The Bertz CT molecular complexity index is 555. The van der Waals surface area contributed by atoms with Crippen LogP contribution >= 0.6 is 0 Å². The molecule has 1 aromatic carbocycles. The fraction of sp³-hybridized carbons (Fsp3) is 0.591. The first-order valence-corrected chi connectivity index (χ1v) is 9.80. The lowest BCUT2D eigenvalue weighted by Gasteiger charge is -2.24. The van der Waals surface area contributed by atoms with Crippen molar-refractivity contribution in [1.29, 1.82) is 0 Å². The van der Waals surface area contributed by atoms with Crippen LogP contribution in [0.1, 0.15) is 71.3 Å². The second kappa shape index (κ2) is 10.3. The summed E-state index contributed by atoms with van der Waals surface area (Å²) in [5, 5.41) is 0. The Labute approximate surface area is 152 Å². The number of carbonyl (C=O) groups is 1. The molecule has 1 atom stereocenters. The van der Waals surface area contributed by atoms with E-state index in [-0.39, 0.29) is 0 Å². The van der Waals surface area contributed by atoms with Crippen LogP contribution in [0.15, 0.2) is 30.3 Å². The Balaban J connectivity index is 1.85. The Kier molecular flexibility index (Phi) is 8.03. The molecule has 0 amide bonds. The molecule has 138 valence electrons. The quantitative estimate of drug-likeness (QED) is 0.392. The Morgan fingerprint density at radius 2 is 1.88 bits per heavy atom. The Hall–Kier alpha value is -1.77. The number of hydrogen-bond acceptors (Lipinski definition) is 3. The molecule has 0 radical (unpaired) electrons. The third-order valence-corrected chi connectivity index (χ3v) is 5.35. The van der Waals surface area contributed by atoms with Crippen molar-refractivity contribution < 1.29 is 14.3 Å². The van der Waals surface area contributed by atoms with Crippen molar-refractivity contribution >= 4 is 11.7 Å². The van der Waals surface area contributed by atoms with Crippen LogP contribution in [0.3, 0.4) is 0 Å². The zero-order valence-electron chi connectivity index (χ0n) is 15.9. The van der Waals surface area contributed by atoms with Gasteiger partial charge in [-0.3, -0.25) is 0 Å². The Morgan fingerprint density at radius 3 is 2.44 bits per heavy atom. The number of ether oxygens (including phenoxy) is 2. The second-order valence-electron chi connectivity index (χ2n) is 6.94. The summed E-state index contributed by atoms with van der Waals surface area (Å²) >= 11 is 0. The second-order valence-corrected chi connectivity index (χ2v) is 6.94.